The van der Waals surface area contributed by atoms with Crippen LogP contribution >= 0.6 is 0 Å². The van der Waals surface area contributed by atoms with Crippen molar-refractivity contribution in [2.24, 2.45) is 0 Å². The van der Waals surface area contributed by atoms with E-state index in [9.17, 15) is 8.42 Å². The highest BCUT2D eigenvalue weighted by Gasteiger charge is 2.23. The first-order chi connectivity index (χ1) is 17.5. The molecule has 0 aliphatic carbocycles. The van der Waals surface area contributed by atoms with Gasteiger partial charge in [0.15, 0.2) is 5.75 Å². The van der Waals surface area contributed by atoms with Crippen LogP contribution in [0.4, 0.5) is 5.82 Å². The van der Waals surface area contributed by atoms with Crippen LogP contribution in [0.25, 0.3) is 16.9 Å². The topological polar surface area (TPSA) is 81.9 Å². The Labute approximate surface area is 210 Å². The second kappa shape index (κ2) is 9.75. The molecule has 0 aliphatic heterocycles. The number of rotatable bonds is 8. The molecule has 1 N–H and O–H groups in total. The third-order valence-electron chi connectivity index (χ3n) is 5.84. The molecule has 2 heterocycles. The minimum Gasteiger partial charge on any atom is -0.497 e. The van der Waals surface area contributed by atoms with Gasteiger partial charge in [-0.2, -0.15) is 8.42 Å². The number of fused-ring (bicyclic) bond motifs is 1. The SMILES string of the molecule is COc1ccc(S(=O)(=O)Oc2ccccc2-c2nc3c(C)cccn3c2NCc2ccccc2)cc1. The van der Waals surface area contributed by atoms with Crippen LogP contribution in [0, 0.1) is 6.92 Å². The van der Waals surface area contributed by atoms with Crippen molar-refractivity contribution in [3.8, 4) is 22.8 Å². The number of anilines is 1. The van der Waals surface area contributed by atoms with Gasteiger partial charge in [-0.1, -0.05) is 48.5 Å². The van der Waals surface area contributed by atoms with Crippen LogP contribution in [0.5, 0.6) is 11.5 Å². The van der Waals surface area contributed by atoms with Gasteiger partial charge in [0.2, 0.25) is 0 Å². The van der Waals surface area contributed by atoms with Crippen molar-refractivity contribution in [2.75, 3.05) is 12.4 Å². The average molecular weight is 500 g/mol. The Kier molecular flexibility index (Phi) is 6.35. The van der Waals surface area contributed by atoms with E-state index in [4.69, 9.17) is 13.9 Å². The summed E-state index contributed by atoms with van der Waals surface area (Å²) in [5, 5.41) is 3.49. The smallest absolute Gasteiger partial charge is 0.339 e. The maximum absolute atomic E-state index is 13.1. The number of aromatic nitrogens is 2. The lowest BCUT2D eigenvalue weighted by molar-refractivity contribution is 0.414. The Balaban J connectivity index is 1.57. The molecule has 0 atom stereocenters. The van der Waals surface area contributed by atoms with Gasteiger partial charge in [0.25, 0.3) is 0 Å². The zero-order valence-corrected chi connectivity index (χ0v) is 20.7. The summed E-state index contributed by atoms with van der Waals surface area (Å²) in [6.07, 6.45) is 1.93. The molecular formula is C28H25N3O4S. The van der Waals surface area contributed by atoms with Crippen molar-refractivity contribution in [3.05, 3.63) is 108 Å². The minimum absolute atomic E-state index is 0.0337. The summed E-state index contributed by atoms with van der Waals surface area (Å²) in [5.41, 5.74) is 4.04. The number of pyridine rings is 1. The van der Waals surface area contributed by atoms with E-state index < -0.39 is 10.1 Å². The molecule has 0 aliphatic rings. The predicted octanol–water partition coefficient (Wildman–Crippen LogP) is 5.70. The number of hydrogen-bond acceptors (Lipinski definition) is 6. The maximum atomic E-state index is 13.1. The Morgan fingerprint density at radius 3 is 2.36 bits per heavy atom. The van der Waals surface area contributed by atoms with Crippen molar-refractivity contribution in [1.82, 2.24) is 9.38 Å². The van der Waals surface area contributed by atoms with E-state index in [-0.39, 0.29) is 10.6 Å². The number of nitrogens with zero attached hydrogens (tertiary/aromatic N) is 2. The van der Waals surface area contributed by atoms with E-state index in [0.29, 0.717) is 23.6 Å². The normalized spacial score (nSPS) is 11.4. The summed E-state index contributed by atoms with van der Waals surface area (Å²) in [4.78, 5) is 4.92. The molecule has 182 valence electrons. The molecule has 5 aromatic rings. The van der Waals surface area contributed by atoms with Crippen molar-refractivity contribution < 1.29 is 17.3 Å². The van der Waals surface area contributed by atoms with E-state index in [2.05, 4.69) is 5.32 Å². The van der Waals surface area contributed by atoms with E-state index in [1.807, 2.05) is 72.1 Å². The summed E-state index contributed by atoms with van der Waals surface area (Å²) in [6.45, 7) is 2.56. The zero-order valence-electron chi connectivity index (χ0n) is 19.9. The van der Waals surface area contributed by atoms with Crippen LogP contribution in [0.3, 0.4) is 0 Å². The minimum atomic E-state index is -4.09. The molecule has 0 saturated heterocycles. The summed E-state index contributed by atoms with van der Waals surface area (Å²) < 4.78 is 39.0. The highest BCUT2D eigenvalue weighted by molar-refractivity contribution is 7.87. The molecule has 7 nitrogen and oxygen atoms in total. The van der Waals surface area contributed by atoms with Gasteiger partial charge in [-0.25, -0.2) is 4.98 Å². The molecule has 0 spiro atoms. The second-order valence-electron chi connectivity index (χ2n) is 8.24. The predicted molar refractivity (Wildman–Crippen MR) is 140 cm³/mol. The van der Waals surface area contributed by atoms with Gasteiger partial charge in [0.1, 0.15) is 27.8 Å². The summed E-state index contributed by atoms with van der Waals surface area (Å²) in [6, 6.07) is 27.1. The van der Waals surface area contributed by atoms with Crippen molar-refractivity contribution >= 4 is 21.6 Å². The molecule has 3 aromatic carbocycles. The van der Waals surface area contributed by atoms with Gasteiger partial charge in [-0.15, -0.1) is 0 Å². The maximum Gasteiger partial charge on any atom is 0.339 e. The molecule has 0 fully saturated rings. The third-order valence-corrected chi connectivity index (χ3v) is 7.09. The third kappa shape index (κ3) is 4.63. The first kappa shape index (κ1) is 23.4. The molecule has 2 aromatic heterocycles. The van der Waals surface area contributed by atoms with Crippen LogP contribution < -0.4 is 14.2 Å². The number of aryl methyl sites for hydroxylation is 1. The lowest BCUT2D eigenvalue weighted by Gasteiger charge is -2.13. The highest BCUT2D eigenvalue weighted by Crippen LogP contribution is 2.37. The molecule has 0 saturated carbocycles. The largest absolute Gasteiger partial charge is 0.497 e. The van der Waals surface area contributed by atoms with Crippen LogP contribution in [-0.4, -0.2) is 24.9 Å². The number of nitrogens with one attached hydrogen (secondary N) is 1. The second-order valence-corrected chi connectivity index (χ2v) is 9.79. The highest BCUT2D eigenvalue weighted by atomic mass is 32.2. The zero-order chi connectivity index (χ0) is 25.1. The number of ether oxygens (including phenoxy) is 1. The fourth-order valence-electron chi connectivity index (χ4n) is 3.99. The molecule has 0 bridgehead atoms. The standard InChI is InChI=1S/C28H25N3O4S/c1-20-9-8-18-31-27(20)30-26(28(31)29-19-21-10-4-3-5-11-21)24-12-6-7-13-25(24)35-36(32,33)23-16-14-22(34-2)15-17-23/h3-18,29H,19H2,1-2H3. The summed E-state index contributed by atoms with van der Waals surface area (Å²) in [5.74, 6) is 1.50. The number of imidazole rings is 1. The lowest BCUT2D eigenvalue weighted by Crippen LogP contribution is -2.10. The van der Waals surface area contributed by atoms with Crippen molar-refractivity contribution in [3.63, 3.8) is 0 Å². The van der Waals surface area contributed by atoms with E-state index in [1.165, 1.54) is 19.2 Å². The molecule has 36 heavy (non-hydrogen) atoms. The molecule has 0 unspecified atom stereocenters. The van der Waals surface area contributed by atoms with E-state index >= 15 is 0 Å². The van der Waals surface area contributed by atoms with E-state index in [1.54, 1.807) is 24.3 Å². The fourth-order valence-corrected chi connectivity index (χ4v) is 4.93. The Morgan fingerprint density at radius 1 is 0.889 bits per heavy atom. The molecule has 8 heteroatoms. The summed E-state index contributed by atoms with van der Waals surface area (Å²) >= 11 is 0. The Morgan fingerprint density at radius 2 is 1.61 bits per heavy atom. The van der Waals surface area contributed by atoms with Crippen LogP contribution in [0.15, 0.2) is 102 Å². The first-order valence-corrected chi connectivity index (χ1v) is 12.8. The molecule has 0 radical (unpaired) electrons. The van der Waals surface area contributed by atoms with Gasteiger partial charge in [-0.05, 0) is 60.5 Å². The number of para-hydroxylation sites is 1. The lowest BCUT2D eigenvalue weighted by atomic mass is 10.1. The van der Waals surface area contributed by atoms with Crippen LogP contribution in [0.2, 0.25) is 0 Å². The van der Waals surface area contributed by atoms with Crippen LogP contribution in [-0.2, 0) is 16.7 Å². The van der Waals surface area contributed by atoms with Gasteiger partial charge in [-0.3, -0.25) is 4.40 Å². The fraction of sp³-hybridized carbons (Fsp3) is 0.107. The monoisotopic (exact) mass is 499 g/mol. The van der Waals surface area contributed by atoms with Crippen molar-refractivity contribution in [1.29, 1.82) is 0 Å². The van der Waals surface area contributed by atoms with Crippen molar-refractivity contribution in [2.45, 2.75) is 18.4 Å². The van der Waals surface area contributed by atoms with Gasteiger partial charge in [0.05, 0.1) is 7.11 Å². The molecular weight excluding hydrogens is 474 g/mol. The van der Waals surface area contributed by atoms with Gasteiger partial charge >= 0.3 is 10.1 Å². The average Bonchev–Trinajstić information content (AvgIpc) is 3.28. The van der Waals surface area contributed by atoms with Gasteiger partial charge < -0.3 is 14.2 Å². The quantitative estimate of drug-likeness (QED) is 0.276. The van der Waals surface area contributed by atoms with E-state index in [0.717, 1.165) is 22.6 Å². The summed E-state index contributed by atoms with van der Waals surface area (Å²) in [7, 11) is -2.56. The number of methoxy groups -OCH3 is 1. The first-order valence-electron chi connectivity index (χ1n) is 11.4. The molecule has 0 amide bonds. The Hall–Kier alpha value is -4.30. The number of benzene rings is 3. The molecule has 5 rings (SSSR count). The van der Waals surface area contributed by atoms with Gasteiger partial charge in [0, 0.05) is 18.3 Å². The Bertz CT molecular complexity index is 1610. The number of hydrogen-bond donors (Lipinski definition) is 1. The van der Waals surface area contributed by atoms with Crippen LogP contribution in [0.1, 0.15) is 11.1 Å².